The van der Waals surface area contributed by atoms with Crippen LogP contribution in [0.15, 0.2) is 35.9 Å². The number of carbonyl (C=O) groups is 2. The zero-order valence-electron chi connectivity index (χ0n) is 9.36. The number of carbonyl (C=O) groups excluding carboxylic acids is 2. The van der Waals surface area contributed by atoms with Crippen molar-refractivity contribution in [3.05, 3.63) is 41.5 Å². The van der Waals surface area contributed by atoms with Crippen molar-refractivity contribution in [3.63, 3.8) is 0 Å². The summed E-state index contributed by atoms with van der Waals surface area (Å²) in [7, 11) is 0. The van der Waals surface area contributed by atoms with Crippen LogP contribution in [0.4, 0.5) is 0 Å². The molecule has 1 heterocycles. The van der Waals surface area contributed by atoms with Gasteiger partial charge in [-0.25, -0.2) is 0 Å². The van der Waals surface area contributed by atoms with E-state index >= 15 is 0 Å². The molecular formula is C13H13NO2. The van der Waals surface area contributed by atoms with Gasteiger partial charge in [-0.2, -0.15) is 0 Å². The van der Waals surface area contributed by atoms with Gasteiger partial charge in [-0.3, -0.25) is 14.5 Å². The lowest BCUT2D eigenvalue weighted by atomic mass is 10.0. The van der Waals surface area contributed by atoms with E-state index in [-0.39, 0.29) is 11.8 Å². The smallest absolute Gasteiger partial charge is 0.261 e. The molecule has 3 heteroatoms. The van der Waals surface area contributed by atoms with Crippen LogP contribution in [-0.4, -0.2) is 23.3 Å². The molecule has 0 unspecified atom stereocenters. The second kappa shape index (κ2) is 3.93. The molecule has 0 spiro atoms. The van der Waals surface area contributed by atoms with Gasteiger partial charge in [0, 0.05) is 12.1 Å². The summed E-state index contributed by atoms with van der Waals surface area (Å²) in [5.74, 6) is -0.359. The minimum atomic E-state index is -0.184. The van der Waals surface area contributed by atoms with Crippen molar-refractivity contribution >= 4 is 17.4 Å². The van der Waals surface area contributed by atoms with Crippen molar-refractivity contribution in [3.8, 4) is 0 Å². The molecule has 0 fully saturated rings. The SMILES string of the molecule is CCN1C(=O)C(C)=C(c2ccccc2)C1=O. The Morgan fingerprint density at radius 3 is 2.19 bits per heavy atom. The van der Waals surface area contributed by atoms with Crippen molar-refractivity contribution in [2.75, 3.05) is 6.54 Å². The van der Waals surface area contributed by atoms with Crippen LogP contribution in [0.5, 0.6) is 0 Å². The van der Waals surface area contributed by atoms with E-state index in [2.05, 4.69) is 0 Å². The van der Waals surface area contributed by atoms with Crippen LogP contribution in [0.1, 0.15) is 19.4 Å². The van der Waals surface area contributed by atoms with Crippen LogP contribution in [0.3, 0.4) is 0 Å². The van der Waals surface area contributed by atoms with Gasteiger partial charge in [0.15, 0.2) is 0 Å². The summed E-state index contributed by atoms with van der Waals surface area (Å²) in [5, 5.41) is 0. The highest BCUT2D eigenvalue weighted by molar-refractivity contribution is 6.35. The normalized spacial score (nSPS) is 16.2. The zero-order valence-corrected chi connectivity index (χ0v) is 9.36. The lowest BCUT2D eigenvalue weighted by molar-refractivity contribution is -0.136. The average molecular weight is 215 g/mol. The molecule has 1 aliphatic heterocycles. The van der Waals surface area contributed by atoms with Crippen LogP contribution in [0.25, 0.3) is 5.57 Å². The van der Waals surface area contributed by atoms with Crippen LogP contribution >= 0.6 is 0 Å². The van der Waals surface area contributed by atoms with Gasteiger partial charge in [0.1, 0.15) is 0 Å². The van der Waals surface area contributed by atoms with Crippen molar-refractivity contribution in [1.82, 2.24) is 4.90 Å². The first-order valence-corrected chi connectivity index (χ1v) is 5.29. The molecule has 0 saturated carbocycles. The first-order chi connectivity index (χ1) is 7.66. The molecule has 0 aliphatic carbocycles. The van der Waals surface area contributed by atoms with Gasteiger partial charge in [0.2, 0.25) is 0 Å². The maximum Gasteiger partial charge on any atom is 0.261 e. The molecule has 0 N–H and O–H groups in total. The largest absolute Gasteiger partial charge is 0.275 e. The number of hydrogen-bond acceptors (Lipinski definition) is 2. The summed E-state index contributed by atoms with van der Waals surface area (Å²) in [6, 6.07) is 9.31. The third-order valence-corrected chi connectivity index (χ3v) is 2.78. The summed E-state index contributed by atoms with van der Waals surface area (Å²) < 4.78 is 0. The van der Waals surface area contributed by atoms with E-state index in [4.69, 9.17) is 0 Å². The molecule has 1 aliphatic rings. The van der Waals surface area contributed by atoms with Gasteiger partial charge in [0.25, 0.3) is 11.8 Å². The van der Waals surface area contributed by atoms with E-state index in [0.29, 0.717) is 17.7 Å². The van der Waals surface area contributed by atoms with E-state index in [1.165, 1.54) is 4.90 Å². The van der Waals surface area contributed by atoms with Gasteiger partial charge >= 0.3 is 0 Å². The van der Waals surface area contributed by atoms with E-state index in [0.717, 1.165) is 5.56 Å². The van der Waals surface area contributed by atoms with Crippen molar-refractivity contribution in [1.29, 1.82) is 0 Å². The second-order valence-electron chi connectivity index (χ2n) is 3.72. The molecule has 2 rings (SSSR count). The fourth-order valence-corrected chi connectivity index (χ4v) is 1.93. The molecule has 0 saturated heterocycles. The Morgan fingerprint density at radius 1 is 1.06 bits per heavy atom. The highest BCUT2D eigenvalue weighted by atomic mass is 16.2. The minimum absolute atomic E-state index is 0.175. The molecule has 0 radical (unpaired) electrons. The van der Waals surface area contributed by atoms with E-state index < -0.39 is 0 Å². The molecule has 82 valence electrons. The average Bonchev–Trinajstić information content (AvgIpc) is 2.51. The van der Waals surface area contributed by atoms with Crippen LogP contribution in [0.2, 0.25) is 0 Å². The number of amides is 2. The first-order valence-electron chi connectivity index (χ1n) is 5.29. The van der Waals surface area contributed by atoms with Crippen LogP contribution < -0.4 is 0 Å². The summed E-state index contributed by atoms with van der Waals surface area (Å²) in [6.45, 7) is 3.93. The zero-order chi connectivity index (χ0) is 11.7. The Bertz CT molecular complexity index is 474. The lowest BCUT2D eigenvalue weighted by Crippen LogP contribution is -2.31. The minimum Gasteiger partial charge on any atom is -0.275 e. The highest BCUT2D eigenvalue weighted by Crippen LogP contribution is 2.28. The standard InChI is InChI=1S/C13H13NO2/c1-3-14-12(15)9(2)11(13(14)16)10-7-5-4-6-8-10/h4-8H,3H2,1-2H3. The fourth-order valence-electron chi connectivity index (χ4n) is 1.93. The number of hydrogen-bond donors (Lipinski definition) is 0. The molecule has 3 nitrogen and oxygen atoms in total. The molecule has 0 aromatic heterocycles. The summed E-state index contributed by atoms with van der Waals surface area (Å²) >= 11 is 0. The van der Waals surface area contributed by atoms with Crippen molar-refractivity contribution in [2.24, 2.45) is 0 Å². The number of benzene rings is 1. The Morgan fingerprint density at radius 2 is 1.69 bits per heavy atom. The van der Waals surface area contributed by atoms with Crippen LogP contribution in [-0.2, 0) is 9.59 Å². The maximum atomic E-state index is 12.0. The van der Waals surface area contributed by atoms with Gasteiger partial charge in [-0.05, 0) is 19.4 Å². The number of likely N-dealkylation sites (N-methyl/N-ethyl adjacent to an activating group) is 1. The second-order valence-corrected chi connectivity index (χ2v) is 3.72. The Labute approximate surface area is 94.4 Å². The van der Waals surface area contributed by atoms with Crippen LogP contribution in [0, 0.1) is 0 Å². The van der Waals surface area contributed by atoms with Gasteiger partial charge in [0.05, 0.1) is 5.57 Å². The molecule has 16 heavy (non-hydrogen) atoms. The monoisotopic (exact) mass is 215 g/mol. The molecule has 1 aromatic carbocycles. The number of rotatable bonds is 2. The third kappa shape index (κ3) is 1.45. The van der Waals surface area contributed by atoms with Crippen molar-refractivity contribution < 1.29 is 9.59 Å². The number of nitrogens with zero attached hydrogens (tertiary/aromatic N) is 1. The topological polar surface area (TPSA) is 37.4 Å². The predicted octanol–water partition coefficient (Wildman–Crippen LogP) is 1.85. The Balaban J connectivity index is 2.50. The highest BCUT2D eigenvalue weighted by Gasteiger charge is 2.35. The van der Waals surface area contributed by atoms with E-state index in [1.54, 1.807) is 13.8 Å². The predicted molar refractivity (Wildman–Crippen MR) is 61.4 cm³/mol. The summed E-state index contributed by atoms with van der Waals surface area (Å²) in [4.78, 5) is 25.1. The summed E-state index contributed by atoms with van der Waals surface area (Å²) in [6.07, 6.45) is 0. The lowest BCUT2D eigenvalue weighted by Gasteiger charge is -2.11. The summed E-state index contributed by atoms with van der Waals surface area (Å²) in [5.41, 5.74) is 1.89. The molecule has 1 aromatic rings. The van der Waals surface area contributed by atoms with Crippen molar-refractivity contribution in [2.45, 2.75) is 13.8 Å². The first kappa shape index (κ1) is 10.6. The quantitative estimate of drug-likeness (QED) is 0.706. The van der Waals surface area contributed by atoms with Gasteiger partial charge < -0.3 is 0 Å². The van der Waals surface area contributed by atoms with E-state index in [1.807, 2.05) is 30.3 Å². The molecule has 0 bridgehead atoms. The fraction of sp³-hybridized carbons (Fsp3) is 0.231. The van der Waals surface area contributed by atoms with Gasteiger partial charge in [-0.15, -0.1) is 0 Å². The molecular weight excluding hydrogens is 202 g/mol. The van der Waals surface area contributed by atoms with Gasteiger partial charge in [-0.1, -0.05) is 30.3 Å². The molecule has 0 atom stereocenters. The number of imide groups is 1. The third-order valence-electron chi connectivity index (χ3n) is 2.78. The van der Waals surface area contributed by atoms with E-state index in [9.17, 15) is 9.59 Å². The maximum absolute atomic E-state index is 12.0. The molecule has 2 amide bonds. The Kier molecular flexibility index (Phi) is 2.60. The Hall–Kier alpha value is -1.90.